The van der Waals surface area contributed by atoms with Gasteiger partial charge in [0.1, 0.15) is 5.25 Å². The molecule has 0 bridgehead atoms. The molecule has 0 aromatic carbocycles. The number of aromatic amines is 2. The first-order chi connectivity index (χ1) is 7.38. The van der Waals surface area contributed by atoms with Crippen LogP contribution in [0.2, 0.25) is 0 Å². The van der Waals surface area contributed by atoms with Gasteiger partial charge < -0.3 is 0 Å². The van der Waals surface area contributed by atoms with Gasteiger partial charge in [-0.05, 0) is 12.2 Å². The number of hydrogen-bond donors (Lipinski definition) is 2. The van der Waals surface area contributed by atoms with Crippen molar-refractivity contribution in [1.82, 2.24) is 15.2 Å². The largest absolute Gasteiger partial charge is 0.307 e. The highest BCUT2D eigenvalue weighted by Gasteiger charge is 2.40. The molecule has 7 nitrogen and oxygen atoms in total. The van der Waals surface area contributed by atoms with Crippen LogP contribution in [0, 0.1) is 4.77 Å². The Kier molecular flexibility index (Phi) is 2.54. The van der Waals surface area contributed by atoms with E-state index in [0.717, 1.165) is 4.90 Å². The second-order valence-electron chi connectivity index (χ2n) is 3.30. The highest BCUT2D eigenvalue weighted by Crippen LogP contribution is 2.22. The van der Waals surface area contributed by atoms with Gasteiger partial charge in [0, 0.05) is 13.0 Å². The molecule has 1 fully saturated rings. The minimum absolute atomic E-state index is 0.0983. The molecule has 0 radical (unpaired) electrons. The van der Waals surface area contributed by atoms with Crippen molar-refractivity contribution in [2.75, 3.05) is 11.4 Å². The van der Waals surface area contributed by atoms with Gasteiger partial charge >= 0.3 is 10.2 Å². The highest BCUT2D eigenvalue weighted by molar-refractivity contribution is 7.87. The van der Waals surface area contributed by atoms with E-state index < -0.39 is 21.4 Å². The summed E-state index contributed by atoms with van der Waals surface area (Å²) in [4.78, 5) is 16.2. The second kappa shape index (κ2) is 3.63. The Morgan fingerprint density at radius 1 is 1.50 bits per heavy atom. The van der Waals surface area contributed by atoms with E-state index in [4.69, 9.17) is 0 Å². The van der Waals surface area contributed by atoms with Crippen LogP contribution < -0.4 is 4.90 Å². The standard InChI is InChI=1S/C6H7FN4O3S2/c7-16(13,14)3-1-4(12)11(2-3)5-8-6(15)10-9-5/h3H,1-2H2,(H2,8,9,10,15). The predicted octanol–water partition coefficient (Wildman–Crippen LogP) is -0.128. The minimum atomic E-state index is -4.71. The molecule has 1 aromatic heterocycles. The zero-order chi connectivity index (χ0) is 11.9. The van der Waals surface area contributed by atoms with E-state index in [1.165, 1.54) is 0 Å². The monoisotopic (exact) mass is 266 g/mol. The zero-order valence-electron chi connectivity index (χ0n) is 7.81. The fourth-order valence-electron chi connectivity index (χ4n) is 1.46. The summed E-state index contributed by atoms with van der Waals surface area (Å²) in [5, 5.41) is 3.62. The lowest BCUT2D eigenvalue weighted by Gasteiger charge is -2.10. The number of carbonyl (C=O) groups excluding carboxylic acids is 1. The fourth-order valence-corrected chi connectivity index (χ4v) is 2.26. The number of hydrogen-bond acceptors (Lipinski definition) is 5. The number of nitrogens with one attached hydrogen (secondary N) is 2. The van der Waals surface area contributed by atoms with Gasteiger partial charge in [0.25, 0.3) is 0 Å². The number of nitrogens with zero attached hydrogens (tertiary/aromatic N) is 2. The molecule has 88 valence electrons. The molecule has 2 rings (SSSR count). The molecule has 1 saturated heterocycles. The van der Waals surface area contributed by atoms with E-state index in [0.29, 0.717) is 0 Å². The minimum Gasteiger partial charge on any atom is -0.280 e. The average Bonchev–Trinajstić information content (AvgIpc) is 2.70. The lowest BCUT2D eigenvalue weighted by atomic mass is 10.4. The molecule has 0 spiro atoms. The number of rotatable bonds is 2. The van der Waals surface area contributed by atoms with Crippen molar-refractivity contribution in [3.05, 3.63) is 4.77 Å². The molecule has 1 amide bonds. The summed E-state index contributed by atoms with van der Waals surface area (Å²) in [6.07, 6.45) is -0.383. The molecule has 1 aliphatic rings. The van der Waals surface area contributed by atoms with Crippen LogP contribution in [0.25, 0.3) is 0 Å². The van der Waals surface area contributed by atoms with Gasteiger partial charge in [-0.25, -0.2) is 0 Å². The van der Waals surface area contributed by atoms with Gasteiger partial charge in [-0.2, -0.15) is 13.4 Å². The van der Waals surface area contributed by atoms with Crippen LogP contribution >= 0.6 is 12.2 Å². The van der Waals surface area contributed by atoms with E-state index in [1.54, 1.807) is 0 Å². The highest BCUT2D eigenvalue weighted by atomic mass is 32.3. The predicted molar refractivity (Wildman–Crippen MR) is 54.6 cm³/mol. The summed E-state index contributed by atoms with van der Waals surface area (Å²) in [6, 6.07) is 0. The van der Waals surface area contributed by atoms with Crippen molar-refractivity contribution < 1.29 is 17.1 Å². The molecule has 16 heavy (non-hydrogen) atoms. The first kappa shape index (κ1) is 11.2. The van der Waals surface area contributed by atoms with Crippen LogP contribution in [0.3, 0.4) is 0 Å². The Balaban J connectivity index is 2.27. The van der Waals surface area contributed by atoms with Gasteiger partial charge in [-0.1, -0.05) is 0 Å². The van der Waals surface area contributed by atoms with Crippen molar-refractivity contribution in [2.45, 2.75) is 11.7 Å². The molecular weight excluding hydrogens is 259 g/mol. The normalized spacial score (nSPS) is 21.7. The Hall–Kier alpha value is -1.29. The lowest BCUT2D eigenvalue weighted by molar-refractivity contribution is -0.117. The van der Waals surface area contributed by atoms with E-state index >= 15 is 0 Å². The molecule has 1 atom stereocenters. The number of amides is 1. The Bertz CT molecular complexity index is 577. The fraction of sp³-hybridized carbons (Fsp3) is 0.500. The molecule has 10 heteroatoms. The van der Waals surface area contributed by atoms with Crippen LogP contribution in [-0.4, -0.2) is 41.3 Å². The lowest BCUT2D eigenvalue weighted by Crippen LogP contribution is -2.27. The van der Waals surface area contributed by atoms with Crippen molar-refractivity contribution in [2.24, 2.45) is 0 Å². The number of H-pyrrole nitrogens is 2. The third-order valence-corrected chi connectivity index (χ3v) is 3.54. The summed E-state index contributed by atoms with van der Waals surface area (Å²) >= 11 is 4.68. The zero-order valence-corrected chi connectivity index (χ0v) is 9.44. The van der Waals surface area contributed by atoms with E-state index in [9.17, 15) is 17.1 Å². The third kappa shape index (κ3) is 1.97. The third-order valence-electron chi connectivity index (χ3n) is 2.23. The van der Waals surface area contributed by atoms with Crippen molar-refractivity contribution in [3.63, 3.8) is 0 Å². The maximum Gasteiger partial charge on any atom is 0.307 e. The smallest absolute Gasteiger partial charge is 0.280 e. The van der Waals surface area contributed by atoms with Crippen LogP contribution in [0.5, 0.6) is 0 Å². The Morgan fingerprint density at radius 3 is 2.62 bits per heavy atom. The van der Waals surface area contributed by atoms with Crippen molar-refractivity contribution in [1.29, 1.82) is 0 Å². The number of carbonyl (C=O) groups is 1. The number of anilines is 1. The van der Waals surface area contributed by atoms with Crippen molar-refractivity contribution >= 4 is 34.3 Å². The maximum atomic E-state index is 12.7. The van der Waals surface area contributed by atoms with Gasteiger partial charge in [0.15, 0.2) is 0 Å². The summed E-state index contributed by atoms with van der Waals surface area (Å²) in [5.74, 6) is -0.412. The molecule has 1 aliphatic heterocycles. The van der Waals surface area contributed by atoms with Gasteiger partial charge in [0.2, 0.25) is 16.6 Å². The number of halogens is 1. The first-order valence-corrected chi connectivity index (χ1v) is 6.12. The SMILES string of the molecule is O=C1CC(S(=O)(=O)F)CN1c1nc(=S)[nH][nH]1. The summed E-state index contributed by atoms with van der Waals surface area (Å²) in [5.41, 5.74) is 0. The van der Waals surface area contributed by atoms with E-state index in [-0.39, 0.29) is 23.7 Å². The van der Waals surface area contributed by atoms with E-state index in [2.05, 4.69) is 27.4 Å². The van der Waals surface area contributed by atoms with Crippen molar-refractivity contribution in [3.8, 4) is 0 Å². The number of aromatic nitrogens is 3. The van der Waals surface area contributed by atoms with Crippen LogP contribution in [-0.2, 0) is 15.0 Å². The molecule has 0 saturated carbocycles. The topological polar surface area (TPSA) is 98.9 Å². The first-order valence-electron chi connectivity index (χ1n) is 4.26. The quantitative estimate of drug-likeness (QED) is 0.574. The molecule has 1 aromatic rings. The van der Waals surface area contributed by atoms with Gasteiger partial charge in [-0.15, -0.1) is 3.89 Å². The maximum absolute atomic E-state index is 12.7. The molecule has 0 aliphatic carbocycles. The Morgan fingerprint density at radius 2 is 2.19 bits per heavy atom. The van der Waals surface area contributed by atoms with Crippen LogP contribution in [0.15, 0.2) is 0 Å². The molecule has 1 unspecified atom stereocenters. The van der Waals surface area contributed by atoms with Gasteiger partial charge in [-0.3, -0.25) is 19.9 Å². The molecule has 2 N–H and O–H groups in total. The molecule has 2 heterocycles. The average molecular weight is 266 g/mol. The second-order valence-corrected chi connectivity index (χ2v) is 5.30. The van der Waals surface area contributed by atoms with Crippen LogP contribution in [0.4, 0.5) is 9.83 Å². The Labute approximate surface area is 94.9 Å². The molecular formula is C6H7FN4O3S2. The summed E-state index contributed by atoms with van der Waals surface area (Å²) in [7, 11) is -4.71. The van der Waals surface area contributed by atoms with E-state index in [1.807, 2.05) is 0 Å². The van der Waals surface area contributed by atoms with Crippen LogP contribution in [0.1, 0.15) is 6.42 Å². The summed E-state index contributed by atoms with van der Waals surface area (Å²) in [6.45, 7) is -0.256. The van der Waals surface area contributed by atoms with Gasteiger partial charge in [0.05, 0.1) is 0 Å². The summed E-state index contributed by atoms with van der Waals surface area (Å²) < 4.78 is 34.1.